The van der Waals surface area contributed by atoms with Crippen molar-refractivity contribution in [2.24, 2.45) is 5.10 Å². The summed E-state index contributed by atoms with van der Waals surface area (Å²) in [4.78, 5) is 37.8. The second kappa shape index (κ2) is 9.35. The molecule has 1 aliphatic rings. The molecule has 156 valence electrons. The molecular formula is C23H26N4O3. The number of anilines is 2. The highest BCUT2D eigenvalue weighted by Crippen LogP contribution is 2.22. The molecule has 7 heteroatoms. The van der Waals surface area contributed by atoms with Gasteiger partial charge in [-0.3, -0.25) is 14.4 Å². The minimum atomic E-state index is -0.427. The summed E-state index contributed by atoms with van der Waals surface area (Å²) in [6.07, 6.45) is 1.24. The molecule has 7 nitrogen and oxygen atoms in total. The lowest BCUT2D eigenvalue weighted by Gasteiger charge is -2.23. The zero-order valence-corrected chi connectivity index (χ0v) is 17.4. The van der Waals surface area contributed by atoms with Gasteiger partial charge in [-0.25, -0.2) is 5.01 Å². The highest BCUT2D eigenvalue weighted by Gasteiger charge is 2.26. The van der Waals surface area contributed by atoms with E-state index in [4.69, 9.17) is 0 Å². The number of carbonyl (C=O) groups excluding carboxylic acids is 3. The van der Waals surface area contributed by atoms with Crippen molar-refractivity contribution in [3.8, 4) is 0 Å². The summed E-state index contributed by atoms with van der Waals surface area (Å²) in [5.41, 5.74) is 2.65. The van der Waals surface area contributed by atoms with Crippen molar-refractivity contribution in [3.05, 3.63) is 59.7 Å². The first-order valence-corrected chi connectivity index (χ1v) is 10.1. The third-order valence-corrected chi connectivity index (χ3v) is 4.95. The van der Waals surface area contributed by atoms with Crippen molar-refractivity contribution in [1.29, 1.82) is 0 Å². The van der Waals surface area contributed by atoms with Crippen LogP contribution < -0.4 is 15.6 Å². The lowest BCUT2D eigenvalue weighted by Crippen LogP contribution is -2.37. The van der Waals surface area contributed by atoms with Crippen molar-refractivity contribution < 1.29 is 14.4 Å². The second-order valence-electron chi connectivity index (χ2n) is 7.37. The smallest absolute Gasteiger partial charge is 0.271 e. The maximum absolute atomic E-state index is 12.9. The number of rotatable bonds is 6. The fourth-order valence-electron chi connectivity index (χ4n) is 3.07. The van der Waals surface area contributed by atoms with Crippen LogP contribution in [0.4, 0.5) is 11.4 Å². The molecule has 3 rings (SSSR count). The molecule has 0 aliphatic carbocycles. The summed E-state index contributed by atoms with van der Waals surface area (Å²) in [5.74, 6) is -0.836. The Bertz CT molecular complexity index is 999. The third kappa shape index (κ3) is 4.92. The van der Waals surface area contributed by atoms with Crippen molar-refractivity contribution in [3.63, 3.8) is 0 Å². The van der Waals surface area contributed by atoms with E-state index >= 15 is 0 Å². The first-order chi connectivity index (χ1) is 14.4. The summed E-state index contributed by atoms with van der Waals surface area (Å²) < 4.78 is 0. The van der Waals surface area contributed by atoms with Crippen LogP contribution in [-0.4, -0.2) is 29.5 Å². The van der Waals surface area contributed by atoms with E-state index in [9.17, 15) is 14.4 Å². The number of nitrogens with zero attached hydrogens (tertiary/aromatic N) is 2. The van der Waals surface area contributed by atoms with Gasteiger partial charge in [-0.15, -0.1) is 0 Å². The molecule has 0 aromatic heterocycles. The lowest BCUT2D eigenvalue weighted by molar-refractivity contribution is -0.118. The molecule has 30 heavy (non-hydrogen) atoms. The molecule has 0 unspecified atom stereocenters. The fraction of sp³-hybridized carbons (Fsp3) is 0.304. The van der Waals surface area contributed by atoms with Gasteiger partial charge >= 0.3 is 0 Å². The first-order valence-electron chi connectivity index (χ1n) is 10.1. The van der Waals surface area contributed by atoms with Crippen LogP contribution in [0.2, 0.25) is 0 Å². The monoisotopic (exact) mass is 406 g/mol. The molecule has 1 aliphatic heterocycles. The normalized spacial score (nSPS) is 14.7. The molecule has 0 fully saturated rings. The predicted octanol–water partition coefficient (Wildman–Crippen LogP) is 3.64. The Kier molecular flexibility index (Phi) is 6.61. The Hall–Kier alpha value is -3.48. The van der Waals surface area contributed by atoms with Gasteiger partial charge in [0.05, 0.1) is 16.9 Å². The van der Waals surface area contributed by atoms with Crippen molar-refractivity contribution in [2.45, 2.75) is 46.1 Å². The van der Waals surface area contributed by atoms with Gasteiger partial charge in [-0.1, -0.05) is 31.2 Å². The fourth-order valence-corrected chi connectivity index (χ4v) is 3.07. The molecule has 0 radical (unpaired) electrons. The molecule has 2 N–H and O–H groups in total. The third-order valence-electron chi connectivity index (χ3n) is 4.95. The number of para-hydroxylation sites is 1. The quantitative estimate of drug-likeness (QED) is 0.767. The number of nitrogens with one attached hydrogen (secondary N) is 2. The summed E-state index contributed by atoms with van der Waals surface area (Å²) in [6.45, 7) is 5.84. The van der Waals surface area contributed by atoms with Gasteiger partial charge in [-0.05, 0) is 50.1 Å². The van der Waals surface area contributed by atoms with Crippen LogP contribution >= 0.6 is 0 Å². The summed E-state index contributed by atoms with van der Waals surface area (Å²) in [7, 11) is 0. The van der Waals surface area contributed by atoms with E-state index in [1.54, 1.807) is 30.3 Å². The molecule has 0 bridgehead atoms. The lowest BCUT2D eigenvalue weighted by atomic mass is 10.1. The second-order valence-corrected chi connectivity index (χ2v) is 7.37. The summed E-state index contributed by atoms with van der Waals surface area (Å²) in [6, 6.07) is 14.3. The zero-order valence-electron chi connectivity index (χ0n) is 17.4. The zero-order chi connectivity index (χ0) is 21.7. The van der Waals surface area contributed by atoms with Crippen molar-refractivity contribution in [1.82, 2.24) is 5.32 Å². The van der Waals surface area contributed by atoms with E-state index in [1.165, 1.54) is 5.01 Å². The van der Waals surface area contributed by atoms with Gasteiger partial charge in [-0.2, -0.15) is 5.10 Å². The number of carbonyl (C=O) groups is 3. The minimum Gasteiger partial charge on any atom is -0.350 e. The van der Waals surface area contributed by atoms with Gasteiger partial charge in [0, 0.05) is 18.9 Å². The van der Waals surface area contributed by atoms with Crippen molar-refractivity contribution in [2.75, 3.05) is 10.3 Å². The summed E-state index contributed by atoms with van der Waals surface area (Å²) >= 11 is 0. The van der Waals surface area contributed by atoms with E-state index in [-0.39, 0.29) is 36.4 Å². The highest BCUT2D eigenvalue weighted by atomic mass is 16.2. The Labute approximate surface area is 176 Å². The van der Waals surface area contributed by atoms with Crippen LogP contribution in [0.15, 0.2) is 53.6 Å². The van der Waals surface area contributed by atoms with Gasteiger partial charge in [0.1, 0.15) is 5.71 Å². The molecule has 2 aromatic carbocycles. The van der Waals surface area contributed by atoms with Crippen LogP contribution in [0, 0.1) is 6.92 Å². The molecule has 0 spiro atoms. The predicted molar refractivity (Wildman–Crippen MR) is 118 cm³/mol. The van der Waals surface area contributed by atoms with Crippen molar-refractivity contribution >= 4 is 34.8 Å². The first kappa shape index (κ1) is 21.2. The van der Waals surface area contributed by atoms with Crippen LogP contribution in [0.3, 0.4) is 0 Å². The van der Waals surface area contributed by atoms with Crippen LogP contribution in [0.25, 0.3) is 0 Å². The van der Waals surface area contributed by atoms with Gasteiger partial charge in [0.2, 0.25) is 5.91 Å². The number of benzene rings is 2. The van der Waals surface area contributed by atoms with Crippen LogP contribution in [0.1, 0.15) is 49.0 Å². The molecule has 1 atom stereocenters. The molecule has 0 saturated carbocycles. The van der Waals surface area contributed by atoms with Gasteiger partial charge in [0.15, 0.2) is 0 Å². The standard InChI is InChI=1S/C23H26N4O3/c1-4-16(3)24-22(29)18-10-5-6-11-19(18)25-23(30)20-12-13-21(28)27(26-20)17-9-7-8-15(2)14-17/h5-11,14,16H,4,12-13H2,1-3H3,(H,24,29)(H,25,30)/t16-/m0/s1. The average molecular weight is 406 g/mol. The minimum absolute atomic E-state index is 0.0258. The largest absolute Gasteiger partial charge is 0.350 e. The Balaban J connectivity index is 1.81. The molecule has 1 heterocycles. The molecule has 2 aromatic rings. The van der Waals surface area contributed by atoms with Crippen LogP contribution in [0.5, 0.6) is 0 Å². The Morgan fingerprint density at radius 1 is 1.10 bits per heavy atom. The average Bonchev–Trinajstić information content (AvgIpc) is 2.74. The molecule has 0 saturated heterocycles. The van der Waals surface area contributed by atoms with E-state index < -0.39 is 5.91 Å². The van der Waals surface area contributed by atoms with E-state index in [2.05, 4.69) is 15.7 Å². The highest BCUT2D eigenvalue weighted by molar-refractivity contribution is 6.44. The van der Waals surface area contributed by atoms with E-state index in [0.29, 0.717) is 16.9 Å². The maximum Gasteiger partial charge on any atom is 0.271 e. The number of hydrazone groups is 1. The number of hydrogen-bond acceptors (Lipinski definition) is 4. The topological polar surface area (TPSA) is 90.9 Å². The van der Waals surface area contributed by atoms with Gasteiger partial charge in [0.25, 0.3) is 11.8 Å². The Morgan fingerprint density at radius 3 is 2.60 bits per heavy atom. The number of aryl methyl sites for hydroxylation is 1. The van der Waals surface area contributed by atoms with Crippen LogP contribution in [-0.2, 0) is 9.59 Å². The molecular weight excluding hydrogens is 380 g/mol. The Morgan fingerprint density at radius 2 is 1.87 bits per heavy atom. The maximum atomic E-state index is 12.9. The van der Waals surface area contributed by atoms with E-state index in [0.717, 1.165) is 12.0 Å². The van der Waals surface area contributed by atoms with Gasteiger partial charge < -0.3 is 10.6 Å². The number of hydrogen-bond donors (Lipinski definition) is 2. The summed E-state index contributed by atoms with van der Waals surface area (Å²) in [5, 5.41) is 11.3. The van der Waals surface area contributed by atoms with E-state index in [1.807, 2.05) is 39.0 Å². The molecule has 3 amide bonds. The SMILES string of the molecule is CC[C@H](C)NC(=O)c1ccccc1NC(=O)C1=NN(c2cccc(C)c2)C(=O)CC1. The number of amides is 3.